The number of nitrogens with one attached hydrogen (secondary N) is 1. The normalized spacial score (nSPS) is 15.6. The highest BCUT2D eigenvalue weighted by Crippen LogP contribution is 2.33. The maximum Gasteiger partial charge on any atom is 0.340 e. The summed E-state index contributed by atoms with van der Waals surface area (Å²) in [6.07, 6.45) is 2.94. The number of benzene rings is 2. The van der Waals surface area contributed by atoms with Gasteiger partial charge in [0.25, 0.3) is 5.91 Å². The average molecular weight is 482 g/mol. The Hall–Kier alpha value is -3.92. The number of ether oxygens (including phenoxy) is 1. The van der Waals surface area contributed by atoms with Crippen LogP contribution in [0.25, 0.3) is 0 Å². The van der Waals surface area contributed by atoms with Gasteiger partial charge in [-0.3, -0.25) is 9.52 Å². The van der Waals surface area contributed by atoms with E-state index in [9.17, 15) is 18.0 Å². The lowest BCUT2D eigenvalue weighted by Gasteiger charge is -2.19. The highest BCUT2D eigenvalue weighted by molar-refractivity contribution is 7.92. The highest BCUT2D eigenvalue weighted by Gasteiger charge is 2.35. The van der Waals surface area contributed by atoms with Gasteiger partial charge in [-0.2, -0.15) is 5.10 Å². The van der Waals surface area contributed by atoms with Gasteiger partial charge in [-0.05, 0) is 36.8 Å². The predicted octanol–water partition coefficient (Wildman–Crippen LogP) is 3.49. The molecule has 10 heteroatoms. The summed E-state index contributed by atoms with van der Waals surface area (Å²) in [6, 6.07) is 16.8. The van der Waals surface area contributed by atoms with Gasteiger partial charge in [-0.1, -0.05) is 42.0 Å². The van der Waals surface area contributed by atoms with Gasteiger partial charge < -0.3 is 9.15 Å². The van der Waals surface area contributed by atoms with Gasteiger partial charge in [0.1, 0.15) is 11.8 Å². The standard InChI is InChI=1S/C24H23N3O6S/c1-16-9-11-17(12-10-16)20-14-21(22-8-5-13-32-22)27(25-20)23(28)15-33-24(29)18-6-3-4-7-19(18)26-34(2,30)31/h3-13,21,26H,14-15H2,1-2H3. The first-order valence-electron chi connectivity index (χ1n) is 10.5. The van der Waals surface area contributed by atoms with Crippen LogP contribution in [0.15, 0.2) is 76.4 Å². The first-order chi connectivity index (χ1) is 16.2. The van der Waals surface area contributed by atoms with E-state index in [-0.39, 0.29) is 11.3 Å². The summed E-state index contributed by atoms with van der Waals surface area (Å²) in [7, 11) is -3.61. The molecular formula is C24H23N3O6S. The molecule has 9 nitrogen and oxygen atoms in total. The van der Waals surface area contributed by atoms with Crippen LogP contribution >= 0.6 is 0 Å². The molecule has 1 amide bonds. The Morgan fingerprint density at radius 2 is 1.85 bits per heavy atom. The van der Waals surface area contributed by atoms with E-state index in [2.05, 4.69) is 9.82 Å². The Kier molecular flexibility index (Phi) is 6.51. The number of amides is 1. The van der Waals surface area contributed by atoms with E-state index in [1.54, 1.807) is 24.3 Å². The molecular weight excluding hydrogens is 458 g/mol. The maximum absolute atomic E-state index is 13.0. The van der Waals surface area contributed by atoms with Crippen molar-refractivity contribution in [3.63, 3.8) is 0 Å². The van der Waals surface area contributed by atoms with E-state index in [4.69, 9.17) is 9.15 Å². The fourth-order valence-corrected chi connectivity index (χ4v) is 4.16. The minimum absolute atomic E-state index is 0.00595. The number of hydrogen-bond donors (Lipinski definition) is 1. The number of nitrogens with zero attached hydrogens (tertiary/aromatic N) is 2. The number of aryl methyl sites for hydroxylation is 1. The van der Waals surface area contributed by atoms with Crippen LogP contribution in [-0.2, 0) is 19.6 Å². The fraction of sp³-hybridized carbons (Fsp3) is 0.208. The third-order valence-electron chi connectivity index (χ3n) is 5.19. The van der Waals surface area contributed by atoms with Crippen molar-refractivity contribution >= 4 is 33.3 Å². The lowest BCUT2D eigenvalue weighted by atomic mass is 10.0. The van der Waals surface area contributed by atoms with Crippen molar-refractivity contribution < 1.29 is 27.2 Å². The van der Waals surface area contributed by atoms with Gasteiger partial charge in [0.05, 0.1) is 29.5 Å². The Morgan fingerprint density at radius 3 is 2.53 bits per heavy atom. The number of esters is 1. The SMILES string of the molecule is Cc1ccc(C2=NN(C(=O)COC(=O)c3ccccc3NS(C)(=O)=O)C(c3ccco3)C2)cc1. The molecule has 0 aliphatic carbocycles. The molecule has 34 heavy (non-hydrogen) atoms. The van der Waals surface area contributed by atoms with Crippen molar-refractivity contribution in [2.24, 2.45) is 5.10 Å². The summed E-state index contributed by atoms with van der Waals surface area (Å²) < 4.78 is 36.2. The smallest absolute Gasteiger partial charge is 0.340 e. The lowest BCUT2D eigenvalue weighted by molar-refractivity contribution is -0.136. The number of rotatable bonds is 7. The number of carbonyl (C=O) groups is 2. The summed E-state index contributed by atoms with van der Waals surface area (Å²) in [5.74, 6) is -0.810. The lowest BCUT2D eigenvalue weighted by Crippen LogP contribution is -2.31. The van der Waals surface area contributed by atoms with Gasteiger partial charge in [0.2, 0.25) is 10.0 Å². The predicted molar refractivity (Wildman–Crippen MR) is 126 cm³/mol. The maximum atomic E-state index is 13.0. The Balaban J connectivity index is 1.51. The minimum atomic E-state index is -3.61. The minimum Gasteiger partial charge on any atom is -0.467 e. The molecule has 1 N–H and O–H groups in total. The average Bonchev–Trinajstić information content (AvgIpc) is 3.47. The molecule has 176 valence electrons. The van der Waals surface area contributed by atoms with Crippen molar-refractivity contribution in [3.05, 3.63) is 89.4 Å². The van der Waals surface area contributed by atoms with Crippen molar-refractivity contribution in [3.8, 4) is 0 Å². The molecule has 1 atom stereocenters. The number of anilines is 1. The Bertz CT molecular complexity index is 1330. The largest absolute Gasteiger partial charge is 0.467 e. The molecule has 2 heterocycles. The molecule has 1 unspecified atom stereocenters. The zero-order valence-electron chi connectivity index (χ0n) is 18.6. The molecule has 3 aromatic rings. The molecule has 0 spiro atoms. The first-order valence-corrected chi connectivity index (χ1v) is 12.3. The second kappa shape index (κ2) is 9.52. The fourth-order valence-electron chi connectivity index (χ4n) is 3.58. The zero-order chi connectivity index (χ0) is 24.3. The summed E-state index contributed by atoms with van der Waals surface area (Å²) in [5.41, 5.74) is 2.76. The highest BCUT2D eigenvalue weighted by atomic mass is 32.2. The van der Waals surface area contributed by atoms with Crippen LogP contribution in [-0.4, -0.2) is 43.9 Å². The van der Waals surface area contributed by atoms with Crippen LogP contribution in [0.3, 0.4) is 0 Å². The van der Waals surface area contributed by atoms with Gasteiger partial charge >= 0.3 is 5.97 Å². The van der Waals surface area contributed by atoms with Crippen LogP contribution in [0, 0.1) is 6.92 Å². The van der Waals surface area contributed by atoms with Crippen molar-refractivity contribution in [1.29, 1.82) is 0 Å². The van der Waals surface area contributed by atoms with Crippen LogP contribution in [0.1, 0.15) is 39.7 Å². The van der Waals surface area contributed by atoms with Crippen LogP contribution in [0.5, 0.6) is 0 Å². The summed E-state index contributed by atoms with van der Waals surface area (Å²) in [5, 5.41) is 5.77. The summed E-state index contributed by atoms with van der Waals surface area (Å²) in [4.78, 5) is 25.6. The van der Waals surface area contributed by atoms with E-state index in [0.717, 1.165) is 17.4 Å². The van der Waals surface area contributed by atoms with E-state index in [0.29, 0.717) is 17.9 Å². The monoisotopic (exact) mass is 481 g/mol. The van der Waals surface area contributed by atoms with Crippen LogP contribution in [0.4, 0.5) is 5.69 Å². The molecule has 1 aliphatic rings. The number of carbonyl (C=O) groups excluding carboxylic acids is 2. The Morgan fingerprint density at radius 1 is 1.12 bits per heavy atom. The van der Waals surface area contributed by atoms with Gasteiger partial charge in [-0.15, -0.1) is 0 Å². The van der Waals surface area contributed by atoms with E-state index >= 15 is 0 Å². The molecule has 1 aromatic heterocycles. The van der Waals surface area contributed by atoms with E-state index in [1.165, 1.54) is 23.4 Å². The molecule has 0 fully saturated rings. The van der Waals surface area contributed by atoms with E-state index < -0.39 is 34.5 Å². The third kappa shape index (κ3) is 5.34. The third-order valence-corrected chi connectivity index (χ3v) is 5.78. The topological polar surface area (TPSA) is 118 Å². The van der Waals surface area contributed by atoms with Crippen LogP contribution in [0.2, 0.25) is 0 Å². The van der Waals surface area contributed by atoms with Crippen molar-refractivity contribution in [2.75, 3.05) is 17.6 Å². The quantitative estimate of drug-likeness (QED) is 0.516. The van der Waals surface area contributed by atoms with Crippen molar-refractivity contribution in [2.45, 2.75) is 19.4 Å². The van der Waals surface area contributed by atoms with Gasteiger partial charge in [0.15, 0.2) is 6.61 Å². The van der Waals surface area contributed by atoms with E-state index in [1.807, 2.05) is 31.2 Å². The summed E-state index contributed by atoms with van der Waals surface area (Å²) >= 11 is 0. The summed E-state index contributed by atoms with van der Waals surface area (Å²) in [6.45, 7) is 1.41. The van der Waals surface area contributed by atoms with Crippen LogP contribution < -0.4 is 4.72 Å². The first kappa shape index (κ1) is 23.2. The molecule has 0 bridgehead atoms. The number of para-hydroxylation sites is 1. The van der Waals surface area contributed by atoms with Gasteiger partial charge in [-0.25, -0.2) is 18.2 Å². The molecule has 0 radical (unpaired) electrons. The number of sulfonamides is 1. The zero-order valence-corrected chi connectivity index (χ0v) is 19.4. The molecule has 0 saturated carbocycles. The molecule has 1 aliphatic heterocycles. The number of hydrazone groups is 1. The van der Waals surface area contributed by atoms with Gasteiger partial charge in [0, 0.05) is 6.42 Å². The Labute approximate surface area is 197 Å². The number of hydrogen-bond acceptors (Lipinski definition) is 7. The molecule has 2 aromatic carbocycles. The second-order valence-electron chi connectivity index (χ2n) is 7.88. The number of furan rings is 1. The molecule has 0 saturated heterocycles. The second-order valence-corrected chi connectivity index (χ2v) is 9.63. The van der Waals surface area contributed by atoms with Crippen molar-refractivity contribution in [1.82, 2.24) is 5.01 Å². The molecule has 4 rings (SSSR count).